The zero-order valence-electron chi connectivity index (χ0n) is 44.0. The minimum atomic E-state index is 0.00199. The van der Waals surface area contributed by atoms with E-state index >= 15 is 0 Å². The number of piperidine rings is 2. The minimum Gasteiger partial charge on any atom is -0.381 e. The summed E-state index contributed by atoms with van der Waals surface area (Å²) in [6, 6.07) is 0. The predicted molar refractivity (Wildman–Crippen MR) is 260 cm³/mol. The first-order chi connectivity index (χ1) is 28.5. The summed E-state index contributed by atoms with van der Waals surface area (Å²) in [5.41, 5.74) is 0.133. The Morgan fingerprint density at radius 2 is 0.565 bits per heavy atom. The maximum atomic E-state index is 5.84. The van der Waals surface area contributed by atoms with Gasteiger partial charge in [-0.05, 0) is 209 Å². The molecule has 372 valence electrons. The van der Waals surface area contributed by atoms with Crippen molar-refractivity contribution in [2.75, 3.05) is 78.7 Å². The van der Waals surface area contributed by atoms with Crippen molar-refractivity contribution < 1.29 is 33.2 Å². The van der Waals surface area contributed by atoms with Crippen LogP contribution in [-0.4, -0.2) is 149 Å². The zero-order chi connectivity index (χ0) is 47.1. The third-order valence-electron chi connectivity index (χ3n) is 9.60. The van der Waals surface area contributed by atoms with E-state index in [1.807, 2.05) is 0 Å². The molecule has 1 unspecified atom stereocenters. The van der Waals surface area contributed by atoms with Crippen LogP contribution >= 0.6 is 0 Å². The summed E-state index contributed by atoms with van der Waals surface area (Å²) in [6.07, 6.45) is 11.9. The van der Waals surface area contributed by atoms with Crippen LogP contribution in [0.1, 0.15) is 176 Å². The number of rotatable bonds is 6. The van der Waals surface area contributed by atoms with E-state index in [1.54, 1.807) is 0 Å². The molecule has 12 nitrogen and oxygen atoms in total. The maximum absolute atomic E-state index is 5.84. The Morgan fingerprint density at radius 1 is 0.290 bits per heavy atom. The molecule has 3 atom stereocenters. The van der Waals surface area contributed by atoms with Crippen LogP contribution in [-0.2, 0) is 33.2 Å². The quantitative estimate of drug-likeness (QED) is 0.177. The Bertz CT molecular complexity index is 971. The van der Waals surface area contributed by atoms with E-state index in [0.29, 0.717) is 36.6 Å². The van der Waals surface area contributed by atoms with Crippen LogP contribution in [0, 0.1) is 0 Å². The van der Waals surface area contributed by atoms with Crippen molar-refractivity contribution in [3.63, 3.8) is 0 Å². The molecular formula is C50H105N5O7. The van der Waals surface area contributed by atoms with E-state index < -0.39 is 0 Å². The lowest BCUT2D eigenvalue weighted by Crippen LogP contribution is -2.51. The van der Waals surface area contributed by atoms with E-state index in [9.17, 15) is 0 Å². The first-order valence-electron chi connectivity index (χ1n) is 24.7. The van der Waals surface area contributed by atoms with Gasteiger partial charge < -0.3 is 59.7 Å². The first-order valence-corrected chi connectivity index (χ1v) is 24.7. The molecule has 0 aromatic rings. The molecule has 6 rings (SSSR count). The summed E-state index contributed by atoms with van der Waals surface area (Å²) in [5, 5.41) is 16.4. The average Bonchev–Trinajstić information content (AvgIpc) is 3.80. The molecule has 6 fully saturated rings. The van der Waals surface area contributed by atoms with E-state index in [2.05, 4.69) is 151 Å². The summed E-state index contributed by atoms with van der Waals surface area (Å²) in [4.78, 5) is 0. The van der Waals surface area contributed by atoms with E-state index in [0.717, 1.165) is 117 Å². The summed E-state index contributed by atoms with van der Waals surface area (Å²) in [6.45, 7) is 50.3. The lowest BCUT2D eigenvalue weighted by atomic mass is 10.1. The summed E-state index contributed by atoms with van der Waals surface area (Å²) in [5.74, 6) is 0. The number of hydrogen-bond acceptors (Lipinski definition) is 12. The molecule has 0 amide bonds. The van der Waals surface area contributed by atoms with Crippen LogP contribution in [0.5, 0.6) is 0 Å². The second-order valence-electron chi connectivity index (χ2n) is 23.6. The van der Waals surface area contributed by atoms with Gasteiger partial charge in [-0.15, -0.1) is 0 Å². The van der Waals surface area contributed by atoms with Crippen molar-refractivity contribution in [1.82, 2.24) is 26.6 Å². The maximum Gasteiger partial charge on any atom is 0.0830 e. The Balaban J connectivity index is 0.000000372. The normalized spacial score (nSPS) is 24.6. The van der Waals surface area contributed by atoms with Crippen LogP contribution in [0.25, 0.3) is 0 Å². The van der Waals surface area contributed by atoms with Gasteiger partial charge in [0.25, 0.3) is 0 Å². The fourth-order valence-corrected chi connectivity index (χ4v) is 7.43. The molecule has 0 aromatic carbocycles. The average molecular weight is 888 g/mol. The lowest BCUT2D eigenvalue weighted by molar-refractivity contribution is -0.100. The molecule has 5 N–H and O–H groups in total. The van der Waals surface area contributed by atoms with Gasteiger partial charge >= 0.3 is 0 Å². The number of ether oxygens (including phenoxy) is 7. The molecule has 12 heteroatoms. The van der Waals surface area contributed by atoms with Gasteiger partial charge in [0.2, 0.25) is 0 Å². The van der Waals surface area contributed by atoms with Crippen LogP contribution in [0.3, 0.4) is 0 Å². The topological polar surface area (TPSA) is 125 Å². The molecule has 62 heavy (non-hydrogen) atoms. The smallest absolute Gasteiger partial charge is 0.0830 e. The summed E-state index contributed by atoms with van der Waals surface area (Å²) < 4.78 is 39.8. The number of nitrogens with one attached hydrogen (secondary N) is 5. The van der Waals surface area contributed by atoms with Gasteiger partial charge in [-0.2, -0.15) is 0 Å². The highest BCUT2D eigenvalue weighted by molar-refractivity contribution is 4.79. The number of hydrogen-bond donors (Lipinski definition) is 5. The van der Waals surface area contributed by atoms with Crippen molar-refractivity contribution >= 4 is 0 Å². The van der Waals surface area contributed by atoms with E-state index in [1.165, 1.54) is 12.8 Å². The molecule has 0 aliphatic carbocycles. The van der Waals surface area contributed by atoms with Crippen molar-refractivity contribution in [1.29, 1.82) is 0 Å². The highest BCUT2D eigenvalue weighted by atomic mass is 16.5. The molecule has 0 bridgehead atoms. The Morgan fingerprint density at radius 3 is 0.855 bits per heavy atom. The van der Waals surface area contributed by atoms with Gasteiger partial charge in [-0.1, -0.05) is 0 Å². The molecule has 0 spiro atoms. The van der Waals surface area contributed by atoms with Crippen molar-refractivity contribution in [2.45, 2.75) is 246 Å². The standard InChI is InChI=1S/2C9H19NO.C9H18O2.2C8H17NO.C7H15NO/c1-9(2,3)11-8-4-6-10-7-5-8;1-9(2,3)11-8-5-4-6-10-7-8;1-9(2,3)11-8-4-6-10-7-5-8;2*1-8(2,3)10-7-4-5-9-6-7;1-7(2,3)9-6-4-8-5-6/h2*8,10H,4-7H2,1-3H3;8H,4-7H2,1-3H3;2*7,9H,4-6H2,1-3H3;6,8H,4-5H2,1-3H3/t;;;2*7-;/m...10./s1. The molecule has 6 heterocycles. The first kappa shape index (κ1) is 59.5. The molecule has 6 aliphatic heterocycles. The largest absolute Gasteiger partial charge is 0.381 e. The zero-order valence-corrected chi connectivity index (χ0v) is 44.0. The second kappa shape index (κ2) is 29.3. The summed E-state index contributed by atoms with van der Waals surface area (Å²) in [7, 11) is 0. The van der Waals surface area contributed by atoms with E-state index in [4.69, 9.17) is 33.2 Å². The minimum absolute atomic E-state index is 0.00199. The van der Waals surface area contributed by atoms with Crippen LogP contribution < -0.4 is 26.6 Å². The Labute approximate surface area is 383 Å². The van der Waals surface area contributed by atoms with Gasteiger partial charge in [-0.3, -0.25) is 0 Å². The van der Waals surface area contributed by atoms with Crippen LogP contribution in [0.15, 0.2) is 0 Å². The fourth-order valence-electron chi connectivity index (χ4n) is 7.43. The van der Waals surface area contributed by atoms with Gasteiger partial charge in [0.05, 0.1) is 70.2 Å². The fraction of sp³-hybridized carbons (Fsp3) is 1.00. The summed E-state index contributed by atoms with van der Waals surface area (Å²) >= 11 is 0. The Kier molecular flexibility index (Phi) is 28.2. The molecular weight excluding hydrogens is 783 g/mol. The van der Waals surface area contributed by atoms with Gasteiger partial charge in [0, 0.05) is 45.9 Å². The third kappa shape index (κ3) is 37.7. The van der Waals surface area contributed by atoms with Gasteiger partial charge in [-0.25, -0.2) is 0 Å². The molecule has 0 saturated carbocycles. The van der Waals surface area contributed by atoms with Crippen molar-refractivity contribution in [2.24, 2.45) is 0 Å². The SMILES string of the molecule is CC(C)(C)OC1CCCNC1.CC(C)(C)OC1CCNCC1.CC(C)(C)OC1CCOCC1.CC(C)(C)OC1CNC1.CC(C)(C)O[C@@H]1CCNC1.CC(C)(C)O[C@H]1CCNC1. The van der Waals surface area contributed by atoms with Gasteiger partial charge in [0.15, 0.2) is 0 Å². The molecule has 6 saturated heterocycles. The highest BCUT2D eigenvalue weighted by Gasteiger charge is 2.25. The third-order valence-corrected chi connectivity index (χ3v) is 9.60. The molecule has 0 aromatic heterocycles. The van der Waals surface area contributed by atoms with Crippen LogP contribution in [0.2, 0.25) is 0 Å². The second-order valence-corrected chi connectivity index (χ2v) is 23.6. The van der Waals surface area contributed by atoms with Crippen molar-refractivity contribution in [3.05, 3.63) is 0 Å². The molecule has 0 radical (unpaired) electrons. The highest BCUT2D eigenvalue weighted by Crippen LogP contribution is 2.20. The monoisotopic (exact) mass is 888 g/mol. The van der Waals surface area contributed by atoms with Gasteiger partial charge in [0.1, 0.15) is 0 Å². The molecule has 6 aliphatic rings. The van der Waals surface area contributed by atoms with Crippen molar-refractivity contribution in [3.8, 4) is 0 Å². The lowest BCUT2D eigenvalue weighted by Gasteiger charge is -2.33. The Hall–Kier alpha value is -0.480. The predicted octanol–water partition coefficient (Wildman–Crippen LogP) is 8.19. The van der Waals surface area contributed by atoms with E-state index in [-0.39, 0.29) is 33.6 Å². The van der Waals surface area contributed by atoms with Crippen LogP contribution in [0.4, 0.5) is 0 Å².